The number of amides is 1. The van der Waals surface area contributed by atoms with Gasteiger partial charge in [-0.15, -0.1) is 21.5 Å². The Hall–Kier alpha value is -2.13. The van der Waals surface area contributed by atoms with Crippen LogP contribution in [-0.2, 0) is 4.79 Å². The maximum Gasteiger partial charge on any atom is 0.240 e. The number of rotatable bonds is 7. The summed E-state index contributed by atoms with van der Waals surface area (Å²) >= 11 is 3.13. The molecule has 31 heavy (non-hydrogen) atoms. The number of hydrogen-bond acceptors (Lipinski definition) is 7. The largest absolute Gasteiger partial charge is 0.338 e. The molecular formula is C22H27N5O2S2. The second kappa shape index (κ2) is 8.43. The van der Waals surface area contributed by atoms with Crippen molar-refractivity contribution in [3.8, 4) is 10.7 Å². The van der Waals surface area contributed by atoms with Crippen LogP contribution < -0.4 is 5.32 Å². The highest BCUT2D eigenvalue weighted by atomic mass is 32.2. The molecule has 2 fully saturated rings. The van der Waals surface area contributed by atoms with Crippen LogP contribution in [0.1, 0.15) is 51.3 Å². The molecule has 2 saturated carbocycles. The zero-order valence-electron chi connectivity index (χ0n) is 17.9. The van der Waals surface area contributed by atoms with Gasteiger partial charge in [0.2, 0.25) is 11.8 Å². The fourth-order valence-electron chi connectivity index (χ4n) is 5.23. The van der Waals surface area contributed by atoms with E-state index in [0.29, 0.717) is 17.8 Å². The molecule has 3 heterocycles. The first-order valence-electron chi connectivity index (χ1n) is 10.9. The van der Waals surface area contributed by atoms with E-state index >= 15 is 0 Å². The van der Waals surface area contributed by atoms with Crippen molar-refractivity contribution in [1.82, 2.24) is 19.9 Å². The van der Waals surface area contributed by atoms with E-state index in [2.05, 4.69) is 43.6 Å². The molecule has 3 aromatic heterocycles. The molecular weight excluding hydrogens is 430 g/mol. The third-order valence-electron chi connectivity index (χ3n) is 6.75. The summed E-state index contributed by atoms with van der Waals surface area (Å²) in [5.41, 5.74) is 0.732. The summed E-state index contributed by atoms with van der Waals surface area (Å²) in [5.74, 6) is 3.46. The van der Waals surface area contributed by atoms with Crippen molar-refractivity contribution in [1.29, 1.82) is 0 Å². The van der Waals surface area contributed by atoms with E-state index in [1.807, 2.05) is 19.9 Å². The van der Waals surface area contributed by atoms with Gasteiger partial charge in [0.1, 0.15) is 0 Å². The average molecular weight is 458 g/mol. The van der Waals surface area contributed by atoms with Crippen molar-refractivity contribution in [2.24, 2.45) is 17.8 Å². The molecule has 0 saturated heterocycles. The van der Waals surface area contributed by atoms with Crippen molar-refractivity contribution < 1.29 is 9.32 Å². The molecule has 2 bridgehead atoms. The Bertz CT molecular complexity index is 1060. The smallest absolute Gasteiger partial charge is 0.240 e. The standard InChI is InChI=1S/C22H27N5O2S2/c1-12-9-19(29-26-12)23-21(28)14(3)31-22-25-24-20(18-5-4-8-30-18)27(22)13(2)17-11-15-6-7-16(17)10-15/h4-5,8-9,13-17H,6-7,10-11H2,1-3H3,(H,23,28). The van der Waals surface area contributed by atoms with Crippen molar-refractivity contribution in [3.05, 3.63) is 29.3 Å². The zero-order valence-corrected chi connectivity index (χ0v) is 19.6. The number of nitrogens with zero attached hydrogens (tertiary/aromatic N) is 4. The molecule has 0 radical (unpaired) electrons. The van der Waals surface area contributed by atoms with E-state index in [9.17, 15) is 4.79 Å². The van der Waals surface area contributed by atoms with Crippen LogP contribution in [0.25, 0.3) is 10.7 Å². The second-order valence-corrected chi connectivity index (χ2v) is 11.1. The van der Waals surface area contributed by atoms with Crippen LogP contribution >= 0.6 is 23.1 Å². The molecule has 3 aromatic rings. The fourth-order valence-corrected chi connectivity index (χ4v) is 6.87. The second-order valence-electron chi connectivity index (χ2n) is 8.81. The summed E-state index contributed by atoms with van der Waals surface area (Å²) in [5, 5.41) is 18.2. The molecule has 7 nitrogen and oxygen atoms in total. The number of thioether (sulfide) groups is 1. The van der Waals surface area contributed by atoms with E-state index in [4.69, 9.17) is 4.52 Å². The number of hydrogen-bond donors (Lipinski definition) is 1. The van der Waals surface area contributed by atoms with Gasteiger partial charge >= 0.3 is 0 Å². The number of aromatic nitrogens is 4. The summed E-state index contributed by atoms with van der Waals surface area (Å²) in [6, 6.07) is 6.15. The van der Waals surface area contributed by atoms with Gasteiger partial charge in [-0.25, -0.2) is 0 Å². The van der Waals surface area contributed by atoms with Gasteiger partial charge in [-0.2, -0.15) is 0 Å². The van der Waals surface area contributed by atoms with Crippen molar-refractivity contribution in [2.75, 3.05) is 5.32 Å². The maximum atomic E-state index is 12.7. The Balaban J connectivity index is 1.39. The van der Waals surface area contributed by atoms with E-state index in [1.54, 1.807) is 17.4 Å². The topological polar surface area (TPSA) is 85.8 Å². The lowest BCUT2D eigenvalue weighted by Gasteiger charge is -2.30. The SMILES string of the molecule is Cc1cc(NC(=O)C(C)Sc2nnc(-c3cccs3)n2C(C)C2CC3CCC2C3)on1. The number of nitrogens with one attached hydrogen (secondary N) is 1. The molecule has 0 spiro atoms. The zero-order chi connectivity index (χ0) is 21.5. The van der Waals surface area contributed by atoms with Crippen LogP contribution in [0.15, 0.2) is 33.3 Å². The van der Waals surface area contributed by atoms with Crippen molar-refractivity contribution in [3.63, 3.8) is 0 Å². The third-order valence-corrected chi connectivity index (χ3v) is 8.67. The van der Waals surface area contributed by atoms with E-state index < -0.39 is 0 Å². The first-order valence-corrected chi connectivity index (χ1v) is 12.6. The molecule has 0 aromatic carbocycles. The quantitative estimate of drug-likeness (QED) is 0.477. The van der Waals surface area contributed by atoms with Crippen molar-refractivity contribution in [2.45, 2.75) is 62.9 Å². The number of carbonyl (C=O) groups excluding carboxylic acids is 1. The summed E-state index contributed by atoms with van der Waals surface area (Å²) in [4.78, 5) is 13.8. The molecule has 2 aliphatic rings. The number of fused-ring (bicyclic) bond motifs is 2. The minimum absolute atomic E-state index is 0.138. The number of carbonyl (C=O) groups is 1. The van der Waals surface area contributed by atoms with Gasteiger partial charge in [-0.1, -0.05) is 29.4 Å². The maximum absolute atomic E-state index is 12.7. The number of anilines is 1. The Morgan fingerprint density at radius 1 is 1.32 bits per heavy atom. The molecule has 5 rings (SSSR count). The highest BCUT2D eigenvalue weighted by Crippen LogP contribution is 2.53. The fraction of sp³-hybridized carbons (Fsp3) is 0.545. The lowest BCUT2D eigenvalue weighted by atomic mass is 9.84. The Morgan fingerprint density at radius 2 is 2.19 bits per heavy atom. The summed E-state index contributed by atoms with van der Waals surface area (Å²) in [6.07, 6.45) is 5.38. The van der Waals surface area contributed by atoms with Gasteiger partial charge in [0.25, 0.3) is 0 Å². The van der Waals surface area contributed by atoms with E-state index in [-0.39, 0.29) is 11.2 Å². The Labute approximate surface area is 190 Å². The minimum Gasteiger partial charge on any atom is -0.338 e. The third kappa shape index (κ3) is 4.05. The molecule has 5 atom stereocenters. The van der Waals surface area contributed by atoms with E-state index in [1.165, 1.54) is 37.4 Å². The van der Waals surface area contributed by atoms with Crippen LogP contribution in [0.3, 0.4) is 0 Å². The summed E-state index contributed by atoms with van der Waals surface area (Å²) in [7, 11) is 0. The first-order chi connectivity index (χ1) is 15.0. The van der Waals surface area contributed by atoms with E-state index in [0.717, 1.165) is 33.4 Å². The van der Waals surface area contributed by atoms with Gasteiger partial charge < -0.3 is 4.52 Å². The molecule has 1 amide bonds. The van der Waals surface area contributed by atoms with Crippen LogP contribution in [0.4, 0.5) is 5.88 Å². The summed E-state index contributed by atoms with van der Waals surface area (Å²) in [6.45, 7) is 6.01. The number of thiophene rings is 1. The number of aryl methyl sites for hydroxylation is 1. The highest BCUT2D eigenvalue weighted by Gasteiger charge is 2.43. The van der Waals surface area contributed by atoms with Crippen LogP contribution in [0.5, 0.6) is 0 Å². The minimum atomic E-state index is -0.350. The van der Waals surface area contributed by atoms with Gasteiger partial charge in [0, 0.05) is 12.1 Å². The monoisotopic (exact) mass is 457 g/mol. The molecule has 5 unspecified atom stereocenters. The molecule has 2 aliphatic carbocycles. The average Bonchev–Trinajstić information content (AvgIpc) is 3.55. The lowest BCUT2D eigenvalue weighted by Crippen LogP contribution is -2.25. The predicted molar refractivity (Wildman–Crippen MR) is 122 cm³/mol. The molecule has 0 aliphatic heterocycles. The Morgan fingerprint density at radius 3 is 2.84 bits per heavy atom. The molecule has 164 valence electrons. The highest BCUT2D eigenvalue weighted by molar-refractivity contribution is 8.00. The first kappa shape index (κ1) is 20.8. The Kier molecular flexibility index (Phi) is 5.64. The van der Waals surface area contributed by atoms with Crippen LogP contribution in [-0.4, -0.2) is 31.1 Å². The van der Waals surface area contributed by atoms with Gasteiger partial charge in [-0.3, -0.25) is 14.7 Å². The van der Waals surface area contributed by atoms with Crippen molar-refractivity contribution >= 4 is 34.9 Å². The predicted octanol–water partition coefficient (Wildman–Crippen LogP) is 5.42. The summed E-state index contributed by atoms with van der Waals surface area (Å²) < 4.78 is 7.41. The van der Waals surface area contributed by atoms with Gasteiger partial charge in [0.15, 0.2) is 11.0 Å². The van der Waals surface area contributed by atoms with Crippen LogP contribution in [0, 0.1) is 24.7 Å². The molecule has 1 N–H and O–H groups in total. The van der Waals surface area contributed by atoms with Gasteiger partial charge in [0.05, 0.1) is 15.8 Å². The van der Waals surface area contributed by atoms with Crippen LogP contribution in [0.2, 0.25) is 0 Å². The molecule has 9 heteroatoms. The lowest BCUT2D eigenvalue weighted by molar-refractivity contribution is -0.115. The van der Waals surface area contributed by atoms with Gasteiger partial charge in [-0.05, 0) is 69.2 Å². The normalized spacial score (nSPS) is 24.4.